The van der Waals surface area contributed by atoms with Gasteiger partial charge in [-0.1, -0.05) is 0 Å². The lowest BCUT2D eigenvalue weighted by Gasteiger charge is -2.14. The number of hydrogen-bond acceptors (Lipinski definition) is 4. The van der Waals surface area contributed by atoms with Gasteiger partial charge in [0.1, 0.15) is 5.82 Å². The van der Waals surface area contributed by atoms with E-state index in [0.717, 1.165) is 30.6 Å². The van der Waals surface area contributed by atoms with E-state index in [0.29, 0.717) is 0 Å². The minimum atomic E-state index is 0.727. The van der Waals surface area contributed by atoms with E-state index in [4.69, 9.17) is 0 Å². The lowest BCUT2D eigenvalue weighted by atomic mass is 10.4. The Labute approximate surface area is 90.7 Å². The molecule has 0 radical (unpaired) electrons. The first-order valence-electron chi connectivity index (χ1n) is 5.55. The van der Waals surface area contributed by atoms with Crippen LogP contribution in [0.4, 0.5) is 5.82 Å². The average Bonchev–Trinajstić information content (AvgIpc) is 3.10. The lowest BCUT2D eigenvalue weighted by molar-refractivity contribution is 0.671. The van der Waals surface area contributed by atoms with Crippen molar-refractivity contribution >= 4 is 5.82 Å². The first-order chi connectivity index (χ1) is 7.29. The fraction of sp³-hybridized carbons (Fsp3) is 0.636. The molecule has 1 aliphatic rings. The lowest BCUT2D eigenvalue weighted by Crippen LogP contribution is -2.19. The van der Waals surface area contributed by atoms with E-state index in [1.54, 1.807) is 0 Å². The van der Waals surface area contributed by atoms with Crippen molar-refractivity contribution in [2.45, 2.75) is 32.4 Å². The minimum absolute atomic E-state index is 0.727. The Morgan fingerprint density at radius 2 is 2.20 bits per heavy atom. The summed E-state index contributed by atoms with van der Waals surface area (Å²) in [5.74, 6) is 0.938. The van der Waals surface area contributed by atoms with E-state index in [-0.39, 0.29) is 0 Å². The van der Waals surface area contributed by atoms with Crippen molar-refractivity contribution in [2.75, 3.05) is 18.5 Å². The van der Waals surface area contributed by atoms with Crippen LogP contribution in [0, 0.1) is 0 Å². The maximum Gasteiger partial charge on any atom is 0.146 e. The van der Waals surface area contributed by atoms with Crippen LogP contribution in [-0.4, -0.2) is 29.6 Å². The molecular formula is C11H18N4. The number of nitrogens with one attached hydrogen (secondary N) is 1. The number of anilines is 1. The topological polar surface area (TPSA) is 41.1 Å². The second-order valence-corrected chi connectivity index (χ2v) is 4.04. The van der Waals surface area contributed by atoms with Gasteiger partial charge in [-0.15, -0.1) is 0 Å². The maximum absolute atomic E-state index is 4.38. The summed E-state index contributed by atoms with van der Waals surface area (Å²) in [6.07, 6.45) is 6.32. The Morgan fingerprint density at radius 3 is 2.73 bits per heavy atom. The van der Waals surface area contributed by atoms with Gasteiger partial charge in [-0.3, -0.25) is 4.98 Å². The van der Waals surface area contributed by atoms with Gasteiger partial charge in [0.2, 0.25) is 0 Å². The molecule has 1 aromatic rings. The summed E-state index contributed by atoms with van der Waals surface area (Å²) in [5.41, 5.74) is 1.02. The molecule has 0 amide bonds. The van der Waals surface area contributed by atoms with Crippen molar-refractivity contribution in [3.8, 4) is 0 Å². The van der Waals surface area contributed by atoms with Gasteiger partial charge >= 0.3 is 0 Å². The third kappa shape index (κ3) is 2.89. The van der Waals surface area contributed by atoms with Crippen LogP contribution < -0.4 is 10.2 Å². The molecular weight excluding hydrogens is 188 g/mol. The molecule has 1 fully saturated rings. The highest BCUT2D eigenvalue weighted by atomic mass is 15.2. The summed E-state index contributed by atoms with van der Waals surface area (Å²) in [6, 6.07) is 0.727. The third-order valence-electron chi connectivity index (χ3n) is 2.71. The van der Waals surface area contributed by atoms with Gasteiger partial charge in [-0.2, -0.15) is 0 Å². The number of aromatic nitrogens is 2. The number of hydrogen-bond donors (Lipinski definition) is 1. The van der Waals surface area contributed by atoms with Crippen molar-refractivity contribution < 1.29 is 0 Å². The highest BCUT2D eigenvalue weighted by molar-refractivity contribution is 5.33. The molecule has 0 aliphatic heterocycles. The SMILES string of the molecule is CCN(C)c1cnc(CNC2CC2)cn1. The fourth-order valence-electron chi connectivity index (χ4n) is 1.33. The van der Waals surface area contributed by atoms with E-state index in [9.17, 15) is 0 Å². The monoisotopic (exact) mass is 206 g/mol. The van der Waals surface area contributed by atoms with Crippen molar-refractivity contribution in [1.29, 1.82) is 0 Å². The third-order valence-corrected chi connectivity index (χ3v) is 2.71. The van der Waals surface area contributed by atoms with Crippen LogP contribution in [0.1, 0.15) is 25.5 Å². The Hall–Kier alpha value is -1.16. The van der Waals surface area contributed by atoms with Crippen molar-refractivity contribution in [3.05, 3.63) is 18.1 Å². The Balaban J connectivity index is 1.90. The fourth-order valence-corrected chi connectivity index (χ4v) is 1.33. The molecule has 0 atom stereocenters. The van der Waals surface area contributed by atoms with Gasteiger partial charge in [0.05, 0.1) is 18.1 Å². The second-order valence-electron chi connectivity index (χ2n) is 4.04. The Morgan fingerprint density at radius 1 is 1.40 bits per heavy atom. The van der Waals surface area contributed by atoms with E-state index in [1.807, 2.05) is 19.4 Å². The van der Waals surface area contributed by atoms with Gasteiger partial charge in [-0.05, 0) is 19.8 Å². The van der Waals surface area contributed by atoms with Crippen LogP contribution >= 0.6 is 0 Å². The molecule has 82 valence electrons. The molecule has 2 rings (SSSR count). The second kappa shape index (κ2) is 4.57. The zero-order valence-corrected chi connectivity index (χ0v) is 9.40. The standard InChI is InChI=1S/C11H18N4/c1-3-15(2)11-8-13-10(7-14-11)6-12-9-4-5-9/h7-9,12H,3-6H2,1-2H3. The smallest absolute Gasteiger partial charge is 0.146 e. The summed E-state index contributed by atoms with van der Waals surface area (Å²) < 4.78 is 0. The summed E-state index contributed by atoms with van der Waals surface area (Å²) in [5, 5.41) is 3.42. The molecule has 4 heteroatoms. The zero-order valence-electron chi connectivity index (χ0n) is 9.40. The molecule has 0 spiro atoms. The Kier molecular flexibility index (Phi) is 3.16. The van der Waals surface area contributed by atoms with E-state index in [1.165, 1.54) is 12.8 Å². The molecule has 4 nitrogen and oxygen atoms in total. The van der Waals surface area contributed by atoms with E-state index >= 15 is 0 Å². The molecule has 1 heterocycles. The molecule has 0 aromatic carbocycles. The van der Waals surface area contributed by atoms with Crippen LogP contribution in [0.2, 0.25) is 0 Å². The Bertz CT molecular complexity index is 305. The van der Waals surface area contributed by atoms with E-state index in [2.05, 4.69) is 27.1 Å². The van der Waals surface area contributed by atoms with Crippen LogP contribution in [0.3, 0.4) is 0 Å². The number of rotatable bonds is 5. The molecule has 0 unspecified atom stereocenters. The van der Waals surface area contributed by atoms with Crippen molar-refractivity contribution in [1.82, 2.24) is 15.3 Å². The minimum Gasteiger partial charge on any atom is -0.359 e. The molecule has 1 N–H and O–H groups in total. The number of nitrogens with zero attached hydrogens (tertiary/aromatic N) is 3. The normalized spacial score (nSPS) is 15.3. The predicted octanol–water partition coefficient (Wildman–Crippen LogP) is 1.18. The van der Waals surface area contributed by atoms with Crippen LogP contribution in [0.5, 0.6) is 0 Å². The first-order valence-corrected chi connectivity index (χ1v) is 5.55. The highest BCUT2D eigenvalue weighted by Crippen LogP contribution is 2.19. The molecule has 1 aromatic heterocycles. The van der Waals surface area contributed by atoms with Gasteiger partial charge in [0.15, 0.2) is 0 Å². The molecule has 1 saturated carbocycles. The van der Waals surface area contributed by atoms with Crippen LogP contribution in [0.25, 0.3) is 0 Å². The quantitative estimate of drug-likeness (QED) is 0.785. The van der Waals surface area contributed by atoms with Gasteiger partial charge in [0, 0.05) is 26.2 Å². The summed E-state index contributed by atoms with van der Waals surface area (Å²) in [7, 11) is 2.02. The van der Waals surface area contributed by atoms with Crippen molar-refractivity contribution in [3.63, 3.8) is 0 Å². The molecule has 1 aliphatic carbocycles. The molecule has 0 bridgehead atoms. The first kappa shape index (κ1) is 10.4. The predicted molar refractivity (Wildman–Crippen MR) is 60.8 cm³/mol. The van der Waals surface area contributed by atoms with Crippen LogP contribution in [-0.2, 0) is 6.54 Å². The largest absolute Gasteiger partial charge is 0.359 e. The average molecular weight is 206 g/mol. The van der Waals surface area contributed by atoms with Crippen molar-refractivity contribution in [2.24, 2.45) is 0 Å². The molecule has 15 heavy (non-hydrogen) atoms. The van der Waals surface area contributed by atoms with Gasteiger partial charge < -0.3 is 10.2 Å². The van der Waals surface area contributed by atoms with Crippen LogP contribution in [0.15, 0.2) is 12.4 Å². The molecule has 0 saturated heterocycles. The van der Waals surface area contributed by atoms with Gasteiger partial charge in [0.25, 0.3) is 0 Å². The maximum atomic E-state index is 4.38. The highest BCUT2D eigenvalue weighted by Gasteiger charge is 2.20. The summed E-state index contributed by atoms with van der Waals surface area (Å²) in [6.45, 7) is 3.90. The zero-order chi connectivity index (χ0) is 10.7. The van der Waals surface area contributed by atoms with E-state index < -0.39 is 0 Å². The summed E-state index contributed by atoms with van der Waals surface area (Å²) >= 11 is 0. The summed E-state index contributed by atoms with van der Waals surface area (Å²) in [4.78, 5) is 10.8. The van der Waals surface area contributed by atoms with Gasteiger partial charge in [-0.25, -0.2) is 4.98 Å².